The molecule has 0 radical (unpaired) electrons. The Hall–Kier alpha value is -1.88. The van der Waals surface area contributed by atoms with Crippen LogP contribution in [0.25, 0.3) is 0 Å². The van der Waals surface area contributed by atoms with Crippen molar-refractivity contribution in [1.82, 2.24) is 14.7 Å². The molecule has 120 valence electrons. The zero-order valence-corrected chi connectivity index (χ0v) is 13.4. The molecule has 0 unspecified atom stereocenters. The quantitative estimate of drug-likeness (QED) is 0.729. The zero-order valence-electron chi connectivity index (χ0n) is 13.4. The van der Waals surface area contributed by atoms with Gasteiger partial charge in [-0.1, -0.05) is 25.3 Å². The number of nitrogens with zero attached hydrogens (tertiary/aromatic N) is 3. The van der Waals surface area contributed by atoms with Crippen LogP contribution < -0.4 is 0 Å². The Morgan fingerprint density at radius 3 is 2.14 bits per heavy atom. The van der Waals surface area contributed by atoms with Gasteiger partial charge in [0.15, 0.2) is 0 Å². The van der Waals surface area contributed by atoms with Crippen LogP contribution in [0.2, 0.25) is 0 Å². The highest BCUT2D eigenvalue weighted by atomic mass is 16.2. The van der Waals surface area contributed by atoms with E-state index in [2.05, 4.69) is 18.1 Å². The second-order valence-corrected chi connectivity index (χ2v) is 5.88. The molecule has 0 aromatic rings. The van der Waals surface area contributed by atoms with Gasteiger partial charge in [-0.05, 0) is 24.6 Å². The molecule has 22 heavy (non-hydrogen) atoms. The second-order valence-electron chi connectivity index (χ2n) is 5.88. The highest BCUT2D eigenvalue weighted by molar-refractivity contribution is 5.97. The number of piperazine rings is 1. The van der Waals surface area contributed by atoms with Crippen molar-refractivity contribution in [2.24, 2.45) is 0 Å². The minimum Gasteiger partial charge on any atom is -0.340 e. The first-order valence-electron chi connectivity index (χ1n) is 7.76. The fourth-order valence-corrected chi connectivity index (χ4v) is 2.85. The summed E-state index contributed by atoms with van der Waals surface area (Å²) < 4.78 is 0. The largest absolute Gasteiger partial charge is 0.340 e. The van der Waals surface area contributed by atoms with Gasteiger partial charge in [-0.2, -0.15) is 0 Å². The van der Waals surface area contributed by atoms with Gasteiger partial charge in [-0.25, -0.2) is 0 Å². The monoisotopic (exact) mass is 303 g/mol. The Balaban J connectivity index is 1.90. The Bertz CT molecular complexity index is 502. The van der Waals surface area contributed by atoms with Crippen molar-refractivity contribution in [2.75, 3.05) is 46.3 Å². The van der Waals surface area contributed by atoms with E-state index in [1.165, 1.54) is 0 Å². The van der Waals surface area contributed by atoms with Crippen molar-refractivity contribution < 1.29 is 9.59 Å². The molecule has 2 aliphatic rings. The minimum absolute atomic E-state index is 0.0302. The third kappa shape index (κ3) is 3.85. The molecule has 0 aromatic heterocycles. The van der Waals surface area contributed by atoms with Crippen LogP contribution >= 0.6 is 0 Å². The summed E-state index contributed by atoms with van der Waals surface area (Å²) in [7, 11) is 2.04. The molecule has 2 heterocycles. The third-order valence-electron chi connectivity index (χ3n) is 4.43. The van der Waals surface area contributed by atoms with Crippen LogP contribution in [0, 0.1) is 0 Å². The molecule has 1 fully saturated rings. The first kappa shape index (κ1) is 16.5. The van der Waals surface area contributed by atoms with E-state index in [1.54, 1.807) is 15.9 Å². The number of hydrogen-bond donors (Lipinski definition) is 0. The van der Waals surface area contributed by atoms with Crippen LogP contribution in [-0.2, 0) is 9.59 Å². The minimum atomic E-state index is -0.0913. The average Bonchev–Trinajstić information content (AvgIpc) is 2.54. The van der Waals surface area contributed by atoms with Crippen LogP contribution in [0.4, 0.5) is 0 Å². The van der Waals surface area contributed by atoms with Crippen LogP contribution in [-0.4, -0.2) is 72.8 Å². The molecule has 5 heteroatoms. The Kier molecular flexibility index (Phi) is 5.55. The second kappa shape index (κ2) is 7.40. The summed E-state index contributed by atoms with van der Waals surface area (Å²) in [5, 5.41) is 0. The van der Waals surface area contributed by atoms with E-state index >= 15 is 0 Å². The van der Waals surface area contributed by atoms with Crippen molar-refractivity contribution in [3.63, 3.8) is 0 Å². The number of hydrogen-bond acceptors (Lipinski definition) is 3. The van der Waals surface area contributed by atoms with Gasteiger partial charge in [0.25, 0.3) is 0 Å². The summed E-state index contributed by atoms with van der Waals surface area (Å²) in [5.74, 6) is -0.150. The maximum Gasteiger partial charge on any atom is 0.232 e. The smallest absolute Gasteiger partial charge is 0.232 e. The fourth-order valence-electron chi connectivity index (χ4n) is 2.85. The first-order valence-corrected chi connectivity index (χ1v) is 7.76. The Morgan fingerprint density at radius 2 is 1.55 bits per heavy atom. The maximum atomic E-state index is 12.4. The molecule has 0 N–H and O–H groups in total. The molecule has 5 nitrogen and oxygen atoms in total. The molecule has 2 rings (SSSR count). The third-order valence-corrected chi connectivity index (χ3v) is 4.43. The standard InChI is InChI=1S/C17H25N3O2/c1-4-14-6-7-20(13-15(14)5-2)17(22)12-16(21)19-10-8-18(3)9-11-19/h4-5H,1-2,6-13H2,3H3. The van der Waals surface area contributed by atoms with E-state index in [0.29, 0.717) is 26.2 Å². The van der Waals surface area contributed by atoms with Crippen molar-refractivity contribution in [1.29, 1.82) is 0 Å². The molecule has 2 aliphatic heterocycles. The Morgan fingerprint density at radius 1 is 0.955 bits per heavy atom. The molecule has 1 saturated heterocycles. The molecule has 0 bridgehead atoms. The van der Waals surface area contributed by atoms with Gasteiger partial charge in [-0.3, -0.25) is 9.59 Å². The van der Waals surface area contributed by atoms with Crippen molar-refractivity contribution in [3.05, 3.63) is 36.5 Å². The number of allylic oxidation sites excluding steroid dienone is 1. The number of carbonyl (C=O) groups excluding carboxylic acids is 2. The number of rotatable bonds is 4. The van der Waals surface area contributed by atoms with Gasteiger partial charge in [-0.15, -0.1) is 0 Å². The topological polar surface area (TPSA) is 43.9 Å². The molecular weight excluding hydrogens is 278 g/mol. The lowest BCUT2D eigenvalue weighted by atomic mass is 10.00. The number of carbonyl (C=O) groups is 2. The van der Waals surface area contributed by atoms with Gasteiger partial charge < -0.3 is 14.7 Å². The normalized spacial score (nSPS) is 20.0. The van der Waals surface area contributed by atoms with Gasteiger partial charge >= 0.3 is 0 Å². The van der Waals surface area contributed by atoms with E-state index in [9.17, 15) is 9.59 Å². The average molecular weight is 303 g/mol. The van der Waals surface area contributed by atoms with E-state index in [0.717, 1.165) is 30.7 Å². The summed E-state index contributed by atoms with van der Waals surface area (Å²) in [6.45, 7) is 11.9. The lowest BCUT2D eigenvalue weighted by Gasteiger charge is -2.33. The fraction of sp³-hybridized carbons (Fsp3) is 0.529. The lowest BCUT2D eigenvalue weighted by Crippen LogP contribution is -2.48. The zero-order chi connectivity index (χ0) is 16.1. The Labute approximate surface area is 132 Å². The molecule has 0 aromatic carbocycles. The summed E-state index contributed by atoms with van der Waals surface area (Å²) >= 11 is 0. The summed E-state index contributed by atoms with van der Waals surface area (Å²) in [4.78, 5) is 30.3. The molecule has 2 amide bonds. The van der Waals surface area contributed by atoms with Crippen LogP contribution in [0.3, 0.4) is 0 Å². The van der Waals surface area contributed by atoms with Crippen molar-refractivity contribution in [2.45, 2.75) is 12.8 Å². The van der Waals surface area contributed by atoms with E-state index in [4.69, 9.17) is 0 Å². The maximum absolute atomic E-state index is 12.4. The summed E-state index contributed by atoms with van der Waals surface area (Å²) in [6.07, 6.45) is 4.35. The molecule has 0 saturated carbocycles. The first-order chi connectivity index (χ1) is 10.5. The van der Waals surface area contributed by atoms with Gasteiger partial charge in [0.1, 0.15) is 6.42 Å². The van der Waals surface area contributed by atoms with Crippen LogP contribution in [0.5, 0.6) is 0 Å². The molecule has 0 atom stereocenters. The van der Waals surface area contributed by atoms with Gasteiger partial charge in [0, 0.05) is 39.3 Å². The van der Waals surface area contributed by atoms with Gasteiger partial charge in [0.05, 0.1) is 0 Å². The summed E-state index contributed by atoms with van der Waals surface area (Å²) in [5.41, 5.74) is 2.17. The highest BCUT2D eigenvalue weighted by Crippen LogP contribution is 2.20. The van der Waals surface area contributed by atoms with Crippen molar-refractivity contribution in [3.8, 4) is 0 Å². The summed E-state index contributed by atoms with van der Waals surface area (Å²) in [6, 6.07) is 0. The van der Waals surface area contributed by atoms with E-state index < -0.39 is 0 Å². The van der Waals surface area contributed by atoms with E-state index in [1.807, 2.05) is 13.1 Å². The SMILES string of the molecule is C=CC1=C(C=C)CN(C(=O)CC(=O)N2CCN(C)CC2)CC1. The predicted octanol–water partition coefficient (Wildman–Crippen LogP) is 1.05. The lowest BCUT2D eigenvalue weighted by molar-refractivity contribution is -0.141. The molecular formula is C17H25N3O2. The van der Waals surface area contributed by atoms with Crippen molar-refractivity contribution >= 4 is 11.8 Å². The number of amides is 2. The number of likely N-dealkylation sites (N-methyl/N-ethyl adjacent to an activating group) is 1. The van der Waals surface area contributed by atoms with Crippen LogP contribution in [0.1, 0.15) is 12.8 Å². The van der Waals surface area contributed by atoms with Crippen LogP contribution in [0.15, 0.2) is 36.5 Å². The van der Waals surface area contributed by atoms with Gasteiger partial charge in [0.2, 0.25) is 11.8 Å². The van der Waals surface area contributed by atoms with E-state index in [-0.39, 0.29) is 18.2 Å². The molecule has 0 spiro atoms. The predicted molar refractivity (Wildman–Crippen MR) is 87.3 cm³/mol. The highest BCUT2D eigenvalue weighted by Gasteiger charge is 2.25. The molecule has 0 aliphatic carbocycles.